The predicted octanol–water partition coefficient (Wildman–Crippen LogP) is 4.99. The molecule has 0 aliphatic rings. The van der Waals surface area contributed by atoms with Crippen LogP contribution < -0.4 is 0 Å². The van der Waals surface area contributed by atoms with Gasteiger partial charge in [0.05, 0.1) is 15.8 Å². The molecule has 22 heavy (non-hydrogen) atoms. The second-order valence-corrected chi connectivity index (χ2v) is 7.89. The van der Waals surface area contributed by atoms with Gasteiger partial charge < -0.3 is 0 Å². The second-order valence-electron chi connectivity index (χ2n) is 4.61. The fraction of sp³-hybridized carbons (Fsp3) is 0.0667. The molecule has 3 nitrogen and oxygen atoms in total. The fourth-order valence-corrected chi connectivity index (χ4v) is 4.43. The minimum atomic E-state index is -1.35. The first-order chi connectivity index (χ1) is 10.6. The number of aromatic nitrogens is 2. The molecule has 1 aromatic heterocycles. The highest BCUT2D eigenvalue weighted by atomic mass is 35.5. The van der Waals surface area contributed by atoms with Crippen LogP contribution >= 0.6 is 34.7 Å². The zero-order valence-corrected chi connectivity index (χ0v) is 14.6. The van der Waals surface area contributed by atoms with Gasteiger partial charge in [-0.05, 0) is 48.8 Å². The maximum Gasteiger partial charge on any atom is 0.145 e. The molecule has 0 fully saturated rings. The van der Waals surface area contributed by atoms with Gasteiger partial charge in [-0.1, -0.05) is 45.4 Å². The van der Waals surface area contributed by atoms with Crippen molar-refractivity contribution in [1.29, 1.82) is 0 Å². The Morgan fingerprint density at radius 2 is 1.82 bits per heavy atom. The maximum atomic E-state index is 12.8. The van der Waals surface area contributed by atoms with Crippen LogP contribution in [-0.4, -0.2) is 13.8 Å². The van der Waals surface area contributed by atoms with Gasteiger partial charge in [0.2, 0.25) is 0 Å². The van der Waals surface area contributed by atoms with E-state index in [1.54, 1.807) is 18.2 Å². The van der Waals surface area contributed by atoms with Crippen molar-refractivity contribution in [3.8, 4) is 11.3 Å². The van der Waals surface area contributed by atoms with Crippen molar-refractivity contribution >= 4 is 45.5 Å². The summed E-state index contributed by atoms with van der Waals surface area (Å²) < 4.78 is 17.3. The molecule has 1 atom stereocenters. The zero-order valence-electron chi connectivity index (χ0n) is 11.4. The fourth-order valence-electron chi connectivity index (χ4n) is 1.92. The number of nitrogens with zero attached hydrogens (tertiary/aromatic N) is 2. The third-order valence-corrected chi connectivity index (χ3v) is 6.03. The van der Waals surface area contributed by atoms with Crippen molar-refractivity contribution in [2.45, 2.75) is 16.0 Å². The number of benzene rings is 2. The van der Waals surface area contributed by atoms with E-state index in [4.69, 9.17) is 23.2 Å². The minimum absolute atomic E-state index is 0.461. The summed E-state index contributed by atoms with van der Waals surface area (Å²) in [6.07, 6.45) is 0. The second kappa shape index (κ2) is 6.46. The molecule has 3 rings (SSSR count). The Kier molecular flexibility index (Phi) is 4.59. The Labute approximate surface area is 144 Å². The summed E-state index contributed by atoms with van der Waals surface area (Å²) in [5.41, 5.74) is 2.32. The lowest BCUT2D eigenvalue weighted by Gasteiger charge is -2.05. The lowest BCUT2D eigenvalue weighted by molar-refractivity contribution is 0.684. The van der Waals surface area contributed by atoms with Crippen molar-refractivity contribution in [2.75, 3.05) is 0 Å². The Morgan fingerprint density at radius 3 is 2.50 bits per heavy atom. The summed E-state index contributed by atoms with van der Waals surface area (Å²) in [4.78, 5) is 0.711. The minimum Gasteiger partial charge on any atom is -0.248 e. The molecule has 0 aliphatic heterocycles. The highest BCUT2D eigenvalue weighted by molar-refractivity contribution is 7.87. The van der Waals surface area contributed by atoms with E-state index < -0.39 is 10.8 Å². The van der Waals surface area contributed by atoms with E-state index in [-0.39, 0.29) is 0 Å². The first-order valence-corrected chi connectivity index (χ1v) is 9.00. The van der Waals surface area contributed by atoms with Crippen LogP contribution in [0, 0.1) is 6.92 Å². The van der Waals surface area contributed by atoms with Gasteiger partial charge in [0.1, 0.15) is 9.90 Å². The average Bonchev–Trinajstić information content (AvgIpc) is 2.96. The van der Waals surface area contributed by atoms with Crippen LogP contribution in [0.15, 0.2) is 51.6 Å². The molecule has 112 valence electrons. The van der Waals surface area contributed by atoms with Gasteiger partial charge in [0.25, 0.3) is 0 Å². The molecule has 1 heterocycles. The van der Waals surface area contributed by atoms with Gasteiger partial charge in [-0.2, -0.15) is 0 Å². The molecule has 0 amide bonds. The van der Waals surface area contributed by atoms with Crippen LogP contribution in [-0.2, 0) is 10.8 Å². The lowest BCUT2D eigenvalue weighted by atomic mass is 10.2. The summed E-state index contributed by atoms with van der Waals surface area (Å²) in [5.74, 6) is 0. The van der Waals surface area contributed by atoms with Gasteiger partial charge in [-0.15, -0.1) is 5.10 Å². The van der Waals surface area contributed by atoms with E-state index in [1.165, 1.54) is 0 Å². The molecule has 0 unspecified atom stereocenters. The summed E-state index contributed by atoms with van der Waals surface area (Å²) in [5, 5.41) is 5.09. The number of hydrogen-bond donors (Lipinski definition) is 0. The summed E-state index contributed by atoms with van der Waals surface area (Å²) in [6, 6.07) is 12.7. The molecule has 7 heteroatoms. The SMILES string of the molecule is Cc1ccc([S@](=O)c2snnc2-c2ccc(Cl)cc2Cl)cc1. The molecular formula is C15H10Cl2N2OS2. The van der Waals surface area contributed by atoms with Crippen molar-refractivity contribution in [3.05, 3.63) is 58.1 Å². The average molecular weight is 369 g/mol. The van der Waals surface area contributed by atoms with Crippen LogP contribution in [0.2, 0.25) is 10.0 Å². The number of aryl methyl sites for hydroxylation is 1. The number of halogens is 2. The van der Waals surface area contributed by atoms with Gasteiger partial charge in [-0.25, -0.2) is 4.21 Å². The van der Waals surface area contributed by atoms with Gasteiger partial charge in [0, 0.05) is 15.5 Å². The first-order valence-electron chi connectivity index (χ1n) is 6.32. The molecule has 3 aromatic rings. The molecule has 0 saturated carbocycles. The van der Waals surface area contributed by atoms with Crippen LogP contribution in [0.25, 0.3) is 11.3 Å². The van der Waals surface area contributed by atoms with Crippen LogP contribution in [0.5, 0.6) is 0 Å². The lowest BCUT2D eigenvalue weighted by Crippen LogP contribution is -1.93. The molecule has 0 aliphatic carbocycles. The summed E-state index contributed by atoms with van der Waals surface area (Å²) in [7, 11) is -1.35. The molecule has 2 aromatic carbocycles. The number of rotatable bonds is 3. The highest BCUT2D eigenvalue weighted by Crippen LogP contribution is 2.35. The standard InChI is InChI=1S/C15H10Cl2N2OS2/c1-9-2-5-11(6-3-9)22(20)15-14(18-19-21-15)12-7-4-10(16)8-13(12)17/h2-8H,1H3/t22-/m0/s1. The van der Waals surface area contributed by atoms with E-state index in [9.17, 15) is 4.21 Å². The van der Waals surface area contributed by atoms with Crippen molar-refractivity contribution in [1.82, 2.24) is 9.59 Å². The van der Waals surface area contributed by atoms with Crippen LogP contribution in [0.1, 0.15) is 5.56 Å². The van der Waals surface area contributed by atoms with E-state index in [1.807, 2.05) is 31.2 Å². The Morgan fingerprint density at radius 1 is 1.09 bits per heavy atom. The molecule has 0 N–H and O–H groups in total. The molecular weight excluding hydrogens is 359 g/mol. The monoisotopic (exact) mass is 368 g/mol. The van der Waals surface area contributed by atoms with Crippen molar-refractivity contribution in [3.63, 3.8) is 0 Å². The Hall–Kier alpha value is -1.27. The zero-order chi connectivity index (χ0) is 15.7. The van der Waals surface area contributed by atoms with Crippen molar-refractivity contribution < 1.29 is 4.21 Å². The van der Waals surface area contributed by atoms with E-state index in [2.05, 4.69) is 9.59 Å². The first kappa shape index (κ1) is 15.6. The predicted molar refractivity (Wildman–Crippen MR) is 91.2 cm³/mol. The van der Waals surface area contributed by atoms with Gasteiger partial charge in [-0.3, -0.25) is 0 Å². The highest BCUT2D eigenvalue weighted by Gasteiger charge is 2.20. The Balaban J connectivity index is 2.05. The van der Waals surface area contributed by atoms with Crippen LogP contribution in [0.3, 0.4) is 0 Å². The quantitative estimate of drug-likeness (QED) is 0.653. The van der Waals surface area contributed by atoms with Crippen LogP contribution in [0.4, 0.5) is 0 Å². The van der Waals surface area contributed by atoms with E-state index >= 15 is 0 Å². The van der Waals surface area contributed by atoms with Crippen molar-refractivity contribution in [2.24, 2.45) is 0 Å². The maximum absolute atomic E-state index is 12.8. The number of hydrogen-bond acceptors (Lipinski definition) is 4. The smallest absolute Gasteiger partial charge is 0.145 e. The Bertz CT molecular complexity index is 847. The largest absolute Gasteiger partial charge is 0.248 e. The summed E-state index contributed by atoms with van der Waals surface area (Å²) in [6.45, 7) is 1.99. The van der Waals surface area contributed by atoms with Gasteiger partial charge in [0.15, 0.2) is 0 Å². The topological polar surface area (TPSA) is 42.9 Å². The third-order valence-electron chi connectivity index (χ3n) is 3.05. The van der Waals surface area contributed by atoms with E-state index in [0.29, 0.717) is 30.4 Å². The summed E-state index contributed by atoms with van der Waals surface area (Å²) >= 11 is 13.2. The third kappa shape index (κ3) is 3.08. The van der Waals surface area contributed by atoms with Gasteiger partial charge >= 0.3 is 0 Å². The normalized spacial score (nSPS) is 12.3. The molecule has 0 spiro atoms. The molecule has 0 radical (unpaired) electrons. The molecule has 0 saturated heterocycles. The van der Waals surface area contributed by atoms with E-state index in [0.717, 1.165) is 17.1 Å². The molecule has 0 bridgehead atoms.